The summed E-state index contributed by atoms with van der Waals surface area (Å²) in [6.45, 7) is 5.28. The summed E-state index contributed by atoms with van der Waals surface area (Å²) in [4.78, 5) is 47.6. The second-order valence-electron chi connectivity index (χ2n) is 7.29. The summed E-state index contributed by atoms with van der Waals surface area (Å²) in [6, 6.07) is 1.75. The molecule has 1 fully saturated rings. The van der Waals surface area contributed by atoms with Crippen molar-refractivity contribution in [1.82, 2.24) is 29.6 Å². The van der Waals surface area contributed by atoms with Gasteiger partial charge in [-0.25, -0.2) is 24.0 Å². The molecule has 1 aliphatic heterocycles. The Morgan fingerprint density at radius 1 is 1.06 bits per heavy atom. The zero-order valence-corrected chi connectivity index (χ0v) is 19.6. The maximum atomic E-state index is 11.4. The molecule has 2 aromatic rings. The number of nitrogens with zero attached hydrogens (tertiary/aromatic N) is 7. The van der Waals surface area contributed by atoms with E-state index < -0.39 is 17.6 Å². The Labute approximate surface area is 201 Å². The predicted molar refractivity (Wildman–Crippen MR) is 124 cm³/mol. The van der Waals surface area contributed by atoms with Crippen molar-refractivity contribution in [2.45, 2.75) is 12.8 Å². The van der Waals surface area contributed by atoms with Gasteiger partial charge in [-0.1, -0.05) is 0 Å². The Bertz CT molecular complexity index is 1040. The van der Waals surface area contributed by atoms with Crippen LogP contribution in [0.25, 0.3) is 0 Å². The number of hydrogen-bond acceptors (Lipinski definition) is 11. The minimum absolute atomic E-state index is 0.282. The summed E-state index contributed by atoms with van der Waals surface area (Å²) in [5, 5.41) is 19.5. The molecule has 3 rings (SSSR count). The molecule has 14 nitrogen and oxygen atoms in total. The van der Waals surface area contributed by atoms with Crippen LogP contribution >= 0.6 is 0 Å². The number of carbonyl (C=O) groups is 2. The first-order chi connectivity index (χ1) is 16.8. The van der Waals surface area contributed by atoms with Crippen LogP contribution in [0.2, 0.25) is 0 Å². The molecular weight excluding hydrogens is 462 g/mol. The number of carboxylic acids is 2. The molecule has 190 valence electrons. The molecule has 0 atom stereocenters. The van der Waals surface area contributed by atoms with Crippen LogP contribution in [0.4, 0.5) is 5.95 Å². The minimum Gasteiger partial charge on any atom is -0.481 e. The highest BCUT2D eigenvalue weighted by atomic mass is 16.5. The average molecular weight is 492 g/mol. The molecule has 0 radical (unpaired) electrons. The molecule has 0 saturated carbocycles. The fourth-order valence-corrected chi connectivity index (χ4v) is 2.98. The number of carboxylic acid groups (broad SMARTS) is 2. The molecule has 2 N–H and O–H groups in total. The number of ether oxygens (including phenoxy) is 2. The molecule has 3 heterocycles. The number of unbranched alkanes of at least 4 members (excludes halogenated alkanes) is 1. The summed E-state index contributed by atoms with van der Waals surface area (Å²) in [5.74, 6) is -0.925. The summed E-state index contributed by atoms with van der Waals surface area (Å²) in [5.41, 5.74) is -0.412. The van der Waals surface area contributed by atoms with E-state index in [1.54, 1.807) is 26.4 Å². The largest absolute Gasteiger partial charge is 0.481 e. The second kappa shape index (κ2) is 14.2. The quantitative estimate of drug-likeness (QED) is 0.327. The Morgan fingerprint density at radius 2 is 1.74 bits per heavy atom. The molecule has 0 amide bonds. The van der Waals surface area contributed by atoms with Crippen LogP contribution in [0.1, 0.15) is 12.8 Å². The molecule has 0 unspecified atom stereocenters. The molecule has 0 aromatic carbocycles. The van der Waals surface area contributed by atoms with Gasteiger partial charge in [-0.15, -0.1) is 0 Å². The van der Waals surface area contributed by atoms with Gasteiger partial charge in [0.2, 0.25) is 17.7 Å². The molecular formula is C21H29N7O7. The van der Waals surface area contributed by atoms with Gasteiger partial charge in [0, 0.05) is 57.6 Å². The summed E-state index contributed by atoms with van der Waals surface area (Å²) in [7, 11) is 3.16. The number of aliphatic carboxylic acids is 2. The zero-order chi connectivity index (χ0) is 25.6. The maximum absolute atomic E-state index is 11.4. The number of hydrogen-bond donors (Lipinski definition) is 2. The normalized spacial score (nSPS) is 13.7. The lowest BCUT2D eigenvalue weighted by Gasteiger charge is -2.34. The molecule has 0 bridgehead atoms. The van der Waals surface area contributed by atoms with Gasteiger partial charge in [-0.05, 0) is 19.4 Å². The topological polar surface area (TPSA) is 173 Å². The first-order valence-electron chi connectivity index (χ1n) is 10.8. The van der Waals surface area contributed by atoms with E-state index in [1.165, 1.54) is 10.9 Å². The number of piperazine rings is 1. The predicted octanol–water partition coefficient (Wildman–Crippen LogP) is -0.333. The van der Waals surface area contributed by atoms with Gasteiger partial charge in [0.25, 0.3) is 0 Å². The first-order valence-corrected chi connectivity index (χ1v) is 10.8. The highest BCUT2D eigenvalue weighted by Crippen LogP contribution is 2.14. The minimum atomic E-state index is -1.26. The Morgan fingerprint density at radius 3 is 2.34 bits per heavy atom. The Balaban J connectivity index is 0.000000466. The van der Waals surface area contributed by atoms with Crippen molar-refractivity contribution in [3.63, 3.8) is 0 Å². The van der Waals surface area contributed by atoms with Crippen molar-refractivity contribution in [2.75, 3.05) is 51.3 Å². The number of aromatic nitrogens is 5. The zero-order valence-electron chi connectivity index (χ0n) is 19.6. The lowest BCUT2D eigenvalue weighted by molar-refractivity contribution is -0.134. The van der Waals surface area contributed by atoms with Crippen molar-refractivity contribution >= 4 is 17.9 Å². The molecule has 2 aromatic heterocycles. The van der Waals surface area contributed by atoms with Crippen LogP contribution < -0.4 is 20.1 Å². The number of aryl methyl sites for hydroxylation is 1. The monoisotopic (exact) mass is 491 g/mol. The van der Waals surface area contributed by atoms with E-state index in [0.717, 1.165) is 51.5 Å². The molecule has 14 heteroatoms. The van der Waals surface area contributed by atoms with Gasteiger partial charge in [-0.2, -0.15) is 15.1 Å². The van der Waals surface area contributed by atoms with Crippen LogP contribution in [0.3, 0.4) is 0 Å². The fraction of sp³-hybridized carbons (Fsp3) is 0.476. The van der Waals surface area contributed by atoms with Crippen LogP contribution in [-0.4, -0.2) is 98.2 Å². The van der Waals surface area contributed by atoms with E-state index in [0.29, 0.717) is 24.6 Å². The smallest absolute Gasteiger partial charge is 0.366 e. The van der Waals surface area contributed by atoms with Crippen LogP contribution in [-0.2, 0) is 16.6 Å². The van der Waals surface area contributed by atoms with E-state index in [-0.39, 0.29) is 5.88 Å². The molecule has 0 aliphatic carbocycles. The number of anilines is 1. The van der Waals surface area contributed by atoms with Crippen molar-refractivity contribution in [3.8, 4) is 11.8 Å². The molecule has 0 spiro atoms. The van der Waals surface area contributed by atoms with E-state index in [9.17, 15) is 14.4 Å². The molecule has 35 heavy (non-hydrogen) atoms. The maximum Gasteiger partial charge on any atom is 0.366 e. The highest BCUT2D eigenvalue weighted by Gasteiger charge is 2.18. The van der Waals surface area contributed by atoms with Crippen LogP contribution in [0, 0.1) is 0 Å². The number of rotatable bonds is 10. The van der Waals surface area contributed by atoms with Crippen molar-refractivity contribution in [1.29, 1.82) is 0 Å². The third-order valence-corrected chi connectivity index (χ3v) is 4.79. The first kappa shape index (κ1) is 27.2. The summed E-state index contributed by atoms with van der Waals surface area (Å²) < 4.78 is 11.8. The van der Waals surface area contributed by atoms with Crippen LogP contribution in [0.15, 0.2) is 35.4 Å². The highest BCUT2D eigenvalue weighted by molar-refractivity contribution is 5.89. The van der Waals surface area contributed by atoms with E-state index >= 15 is 0 Å². The Kier molecular flexibility index (Phi) is 11.1. The SMILES string of the molecule is COc1ccnc(N2CCN(CCCCOc3cnn(C)c(=O)n3)CC2)n1.O=C(O)C=CC(=O)O. The standard InChI is InChI=1S/C17H25N7O3.C4H4O4/c1-22-17(25)21-15(13-19-22)27-12-4-3-7-23-8-10-24(11-9-23)16-18-6-5-14(20-16)26-2;5-3(6)1-2-4(7)8/h5-6,13H,3-4,7-12H2,1-2H3;1-2H,(H,5,6)(H,7,8). The molecule has 1 saturated heterocycles. The third-order valence-electron chi connectivity index (χ3n) is 4.79. The lowest BCUT2D eigenvalue weighted by atomic mass is 10.2. The van der Waals surface area contributed by atoms with Gasteiger partial charge in [0.15, 0.2) is 0 Å². The Hall–Kier alpha value is -4.07. The number of methoxy groups -OCH3 is 1. The van der Waals surface area contributed by atoms with Gasteiger partial charge < -0.3 is 24.6 Å². The lowest BCUT2D eigenvalue weighted by Crippen LogP contribution is -2.47. The summed E-state index contributed by atoms with van der Waals surface area (Å²) in [6.07, 6.45) is 6.22. The van der Waals surface area contributed by atoms with Gasteiger partial charge in [0.1, 0.15) is 6.20 Å². The van der Waals surface area contributed by atoms with Crippen molar-refractivity contribution < 1.29 is 29.3 Å². The van der Waals surface area contributed by atoms with Gasteiger partial charge >= 0.3 is 17.6 Å². The summed E-state index contributed by atoms with van der Waals surface area (Å²) >= 11 is 0. The van der Waals surface area contributed by atoms with E-state index in [1.807, 2.05) is 0 Å². The average Bonchev–Trinajstić information content (AvgIpc) is 2.85. The second-order valence-corrected chi connectivity index (χ2v) is 7.29. The van der Waals surface area contributed by atoms with E-state index in [4.69, 9.17) is 19.7 Å². The third kappa shape index (κ3) is 10.2. The van der Waals surface area contributed by atoms with Crippen molar-refractivity contribution in [2.24, 2.45) is 7.05 Å². The molecule has 1 aliphatic rings. The fourth-order valence-electron chi connectivity index (χ4n) is 2.98. The van der Waals surface area contributed by atoms with Crippen molar-refractivity contribution in [3.05, 3.63) is 41.1 Å². The van der Waals surface area contributed by atoms with E-state index in [2.05, 4.69) is 29.9 Å². The van der Waals surface area contributed by atoms with Gasteiger partial charge in [-0.3, -0.25) is 4.90 Å². The van der Waals surface area contributed by atoms with Gasteiger partial charge in [0.05, 0.1) is 13.7 Å². The van der Waals surface area contributed by atoms with Crippen LogP contribution in [0.5, 0.6) is 11.8 Å².